The lowest BCUT2D eigenvalue weighted by atomic mass is 9.76. The van der Waals surface area contributed by atoms with Gasteiger partial charge in [0.2, 0.25) is 11.8 Å². The molecule has 6 atom stereocenters. The Bertz CT molecular complexity index is 1430. The van der Waals surface area contributed by atoms with Gasteiger partial charge in [-0.3, -0.25) is 24.0 Å². The molecule has 1 saturated carbocycles. The number of hydrogen-bond donors (Lipinski definition) is 4. The predicted molar refractivity (Wildman–Crippen MR) is 171 cm³/mol. The molecule has 1 aliphatic carbocycles. The van der Waals surface area contributed by atoms with Gasteiger partial charge in [-0.25, -0.2) is 29.5 Å². The highest BCUT2D eigenvalue weighted by molar-refractivity contribution is 7.99. The van der Waals surface area contributed by atoms with E-state index in [1.54, 1.807) is 0 Å². The Morgan fingerprint density at radius 1 is 0.809 bits per heavy atom. The highest BCUT2D eigenvalue weighted by Crippen LogP contribution is 2.48. The normalized spacial score (nSPS) is 18.7. The SMILES string of the molecule is CC(=O)N[C@@H](CSC(c1cc(C(C)=O)ncn1)C1CCCC(C(SC[C@H](NC(C)=O)C(=O)O)c2nccc(C(C)=O)n2)C1=O)C(=O)O. The van der Waals surface area contributed by atoms with E-state index >= 15 is 0 Å². The van der Waals surface area contributed by atoms with E-state index < -0.39 is 58.2 Å². The lowest BCUT2D eigenvalue weighted by Gasteiger charge is -2.36. The highest BCUT2D eigenvalue weighted by Gasteiger charge is 2.43. The zero-order chi connectivity index (χ0) is 34.8. The van der Waals surface area contributed by atoms with Crippen molar-refractivity contribution in [3.8, 4) is 0 Å². The first-order chi connectivity index (χ1) is 22.2. The first kappa shape index (κ1) is 37.2. The number of thioether (sulfide) groups is 2. The van der Waals surface area contributed by atoms with Crippen molar-refractivity contribution in [1.82, 2.24) is 30.6 Å². The molecule has 0 bridgehead atoms. The number of carbonyl (C=O) groups excluding carboxylic acids is 5. The summed E-state index contributed by atoms with van der Waals surface area (Å²) in [5.41, 5.74) is 0.551. The Morgan fingerprint density at radius 3 is 1.85 bits per heavy atom. The van der Waals surface area contributed by atoms with Gasteiger partial charge < -0.3 is 20.8 Å². The van der Waals surface area contributed by atoms with Crippen molar-refractivity contribution in [1.29, 1.82) is 0 Å². The van der Waals surface area contributed by atoms with Crippen LogP contribution in [0.5, 0.6) is 0 Å². The van der Waals surface area contributed by atoms with Crippen molar-refractivity contribution < 1.29 is 43.8 Å². The monoisotopic (exact) mass is 688 g/mol. The van der Waals surface area contributed by atoms with Crippen LogP contribution in [0.3, 0.4) is 0 Å². The fraction of sp³-hybridized carbons (Fsp3) is 0.500. The van der Waals surface area contributed by atoms with Crippen molar-refractivity contribution >= 4 is 64.6 Å². The number of rotatable bonds is 16. The number of carbonyl (C=O) groups is 7. The summed E-state index contributed by atoms with van der Waals surface area (Å²) in [7, 11) is 0. The first-order valence-corrected chi connectivity index (χ1v) is 16.7. The number of nitrogens with one attached hydrogen (secondary N) is 2. The fourth-order valence-corrected chi connectivity index (χ4v) is 7.98. The molecule has 2 aromatic rings. The van der Waals surface area contributed by atoms with E-state index in [2.05, 4.69) is 30.6 Å². The smallest absolute Gasteiger partial charge is 0.327 e. The molecule has 252 valence electrons. The molecule has 0 aromatic carbocycles. The van der Waals surface area contributed by atoms with Gasteiger partial charge in [-0.15, -0.1) is 23.5 Å². The molecule has 2 amide bonds. The number of aliphatic carboxylic acids is 2. The van der Waals surface area contributed by atoms with Crippen molar-refractivity contribution in [2.75, 3.05) is 11.5 Å². The van der Waals surface area contributed by atoms with E-state index in [4.69, 9.17) is 0 Å². The van der Waals surface area contributed by atoms with Crippen molar-refractivity contribution in [3.05, 3.63) is 47.6 Å². The Labute approximate surface area is 278 Å². The second-order valence-corrected chi connectivity index (χ2v) is 13.3. The summed E-state index contributed by atoms with van der Waals surface area (Å²) in [6.45, 7) is 5.04. The third-order valence-corrected chi connectivity index (χ3v) is 10.2. The maximum Gasteiger partial charge on any atom is 0.327 e. The van der Waals surface area contributed by atoms with Gasteiger partial charge in [-0.2, -0.15) is 0 Å². The second-order valence-electron chi connectivity index (χ2n) is 11.0. The molecule has 1 fully saturated rings. The average Bonchev–Trinajstić information content (AvgIpc) is 3.01. The molecule has 0 aliphatic heterocycles. The molecule has 4 N–H and O–H groups in total. The molecule has 0 spiro atoms. The summed E-state index contributed by atoms with van der Waals surface area (Å²) in [5, 5.41) is 22.6. The van der Waals surface area contributed by atoms with Crippen LogP contribution in [0.1, 0.15) is 90.0 Å². The zero-order valence-corrected chi connectivity index (χ0v) is 27.8. The van der Waals surface area contributed by atoms with Crippen molar-refractivity contribution in [2.45, 2.75) is 69.5 Å². The van der Waals surface area contributed by atoms with Gasteiger partial charge in [0.1, 0.15) is 41.4 Å². The van der Waals surface area contributed by atoms with Gasteiger partial charge in [-0.05, 0) is 25.0 Å². The fourth-order valence-electron chi connectivity index (χ4n) is 5.16. The standard InChI is InChI=1S/C30H36N6O9S2/c1-14(37)20-8-9-31-28(36-20)27(47-12-24(30(44)45)35-17(4)40)19-7-5-6-18(25(19)41)26(22-10-21(15(2)38)32-13-33-22)46-11-23(29(42)43)34-16(3)39/h8-10,13,18-19,23-24,26-27H,5-7,11-12H2,1-4H3,(H,34,39)(H,35,40)(H,42,43)(H,44,45)/t18?,19?,23-,24-,26?,27?/m0/s1. The molecule has 2 aromatic heterocycles. The molecule has 15 nitrogen and oxygen atoms in total. The number of nitrogens with zero attached hydrogens (tertiary/aromatic N) is 4. The Balaban J connectivity index is 2.05. The summed E-state index contributed by atoms with van der Waals surface area (Å²) in [5.74, 6) is -6.17. The quantitative estimate of drug-likeness (QED) is 0.185. The summed E-state index contributed by atoms with van der Waals surface area (Å²) in [4.78, 5) is 103. The average molecular weight is 689 g/mol. The highest BCUT2D eigenvalue weighted by atomic mass is 32.2. The lowest BCUT2D eigenvalue weighted by molar-refractivity contribution is -0.141. The summed E-state index contributed by atoms with van der Waals surface area (Å²) in [6, 6.07) is 0.346. The molecule has 1 aliphatic rings. The van der Waals surface area contributed by atoms with Crippen LogP contribution in [0.15, 0.2) is 24.7 Å². The molecule has 4 unspecified atom stereocenters. The van der Waals surface area contributed by atoms with E-state index in [9.17, 15) is 43.8 Å². The minimum atomic E-state index is -1.28. The number of amides is 2. The van der Waals surface area contributed by atoms with Gasteiger partial charge >= 0.3 is 11.9 Å². The Morgan fingerprint density at radius 2 is 1.34 bits per heavy atom. The van der Waals surface area contributed by atoms with Gasteiger partial charge in [0.25, 0.3) is 0 Å². The van der Waals surface area contributed by atoms with Crippen LogP contribution < -0.4 is 10.6 Å². The van der Waals surface area contributed by atoms with E-state index in [-0.39, 0.29) is 46.1 Å². The van der Waals surface area contributed by atoms with Crippen molar-refractivity contribution in [2.24, 2.45) is 11.8 Å². The number of aromatic nitrogens is 4. The topological polar surface area (TPSA) is 236 Å². The van der Waals surface area contributed by atoms with Gasteiger partial charge in [0, 0.05) is 57.2 Å². The van der Waals surface area contributed by atoms with Crippen LogP contribution in [-0.4, -0.2) is 94.8 Å². The third-order valence-electron chi connectivity index (χ3n) is 7.36. The molecule has 0 saturated heterocycles. The number of Topliss-reactive ketones (excluding diaryl/α,β-unsaturated/α-hetero) is 3. The number of carboxylic acid groups (broad SMARTS) is 2. The Hall–Kier alpha value is -4.25. The minimum absolute atomic E-state index is 0.109. The third kappa shape index (κ3) is 10.4. The van der Waals surface area contributed by atoms with Crippen molar-refractivity contribution in [3.63, 3.8) is 0 Å². The zero-order valence-electron chi connectivity index (χ0n) is 26.2. The second kappa shape index (κ2) is 17.1. The predicted octanol–water partition coefficient (Wildman–Crippen LogP) is 2.08. The maximum atomic E-state index is 14.5. The number of carboxylic acids is 2. The van der Waals surface area contributed by atoms with Gasteiger partial charge in [0.15, 0.2) is 11.6 Å². The van der Waals surface area contributed by atoms with Gasteiger partial charge in [-0.1, -0.05) is 6.42 Å². The molecular formula is C30H36N6O9S2. The van der Waals surface area contributed by atoms with Gasteiger partial charge in [0.05, 0.1) is 16.2 Å². The van der Waals surface area contributed by atoms with E-state index in [1.165, 1.54) is 52.4 Å². The Kier molecular flexibility index (Phi) is 13.5. The maximum absolute atomic E-state index is 14.5. The molecular weight excluding hydrogens is 652 g/mol. The summed E-state index contributed by atoms with van der Waals surface area (Å²) >= 11 is 2.18. The van der Waals surface area contributed by atoms with Crippen LogP contribution >= 0.6 is 23.5 Å². The van der Waals surface area contributed by atoms with E-state index in [0.29, 0.717) is 25.0 Å². The molecule has 2 heterocycles. The largest absolute Gasteiger partial charge is 0.480 e. The first-order valence-electron chi connectivity index (χ1n) is 14.6. The molecule has 17 heteroatoms. The van der Waals surface area contributed by atoms with E-state index in [0.717, 1.165) is 23.5 Å². The molecule has 3 rings (SSSR count). The van der Waals surface area contributed by atoms with Crippen LogP contribution in [0, 0.1) is 11.8 Å². The van der Waals surface area contributed by atoms with Crippen LogP contribution in [0.25, 0.3) is 0 Å². The van der Waals surface area contributed by atoms with Crippen LogP contribution in [-0.2, 0) is 24.0 Å². The summed E-state index contributed by atoms with van der Waals surface area (Å²) in [6.07, 6.45) is 3.88. The summed E-state index contributed by atoms with van der Waals surface area (Å²) < 4.78 is 0. The molecule has 47 heavy (non-hydrogen) atoms. The lowest BCUT2D eigenvalue weighted by Crippen LogP contribution is -2.42. The minimum Gasteiger partial charge on any atom is -0.480 e. The van der Waals surface area contributed by atoms with Crippen LogP contribution in [0.2, 0.25) is 0 Å². The number of hydrogen-bond acceptors (Lipinski definition) is 13. The van der Waals surface area contributed by atoms with E-state index in [1.807, 2.05) is 0 Å². The van der Waals surface area contributed by atoms with Crippen LogP contribution in [0.4, 0.5) is 0 Å². The molecule has 0 radical (unpaired) electrons. The number of ketones is 3.